The van der Waals surface area contributed by atoms with E-state index in [1.54, 1.807) is 0 Å². The summed E-state index contributed by atoms with van der Waals surface area (Å²) in [5.74, 6) is 6.00. The van der Waals surface area contributed by atoms with Gasteiger partial charge in [0.05, 0.1) is 0 Å². The minimum absolute atomic E-state index is 0.326. The number of hydrazine groups is 1. The van der Waals surface area contributed by atoms with Crippen molar-refractivity contribution in [3.05, 3.63) is 41.7 Å². The highest BCUT2D eigenvalue weighted by Gasteiger charge is 2.04. The highest BCUT2D eigenvalue weighted by atomic mass is 15.4. The third-order valence-electron chi connectivity index (χ3n) is 1.69. The summed E-state index contributed by atoms with van der Waals surface area (Å²) < 4.78 is 0. The largest absolute Gasteiger partial charge is 0.291 e. The normalized spacial score (nSPS) is 17.2. The number of nitrogens with zero attached hydrogens (tertiary/aromatic N) is 3. The zero-order valence-corrected chi connectivity index (χ0v) is 7.38. The van der Waals surface area contributed by atoms with Crippen molar-refractivity contribution < 1.29 is 0 Å². The van der Waals surface area contributed by atoms with Gasteiger partial charge in [0.2, 0.25) is 0 Å². The number of rotatable bonds is 1. The fraction of sp³-hybridized carbons (Fsp3) is 0. The topological polar surface area (TPSA) is 75.1 Å². The van der Waals surface area contributed by atoms with Crippen molar-refractivity contribution >= 4 is 12.0 Å². The lowest BCUT2D eigenvalue weighted by Gasteiger charge is -1.90. The number of nitrogens with one attached hydrogen (secondary N) is 1. The highest BCUT2D eigenvalue weighted by Crippen LogP contribution is 2.13. The molecular formula is C9H9N5. The second-order valence-electron chi connectivity index (χ2n) is 2.69. The molecule has 0 amide bonds. The third kappa shape index (κ3) is 1.83. The summed E-state index contributed by atoms with van der Waals surface area (Å²) >= 11 is 0. The molecule has 1 aliphatic rings. The number of aliphatic imine (C=N–C) groups is 1. The second kappa shape index (κ2) is 3.80. The first kappa shape index (κ1) is 8.58. The lowest BCUT2D eigenvalue weighted by molar-refractivity contribution is 1.01. The second-order valence-corrected chi connectivity index (χ2v) is 2.69. The van der Waals surface area contributed by atoms with E-state index in [9.17, 15) is 0 Å². The van der Waals surface area contributed by atoms with Crippen molar-refractivity contribution in [3.8, 4) is 0 Å². The first-order chi connectivity index (χ1) is 6.88. The van der Waals surface area contributed by atoms with Crippen LogP contribution in [0.5, 0.6) is 0 Å². The SMILES string of the molecule is NNC1=NC(=Cc2ccccc2)N=N1. The van der Waals surface area contributed by atoms with Gasteiger partial charge in [-0.2, -0.15) is 4.99 Å². The molecule has 2 rings (SSSR count). The van der Waals surface area contributed by atoms with E-state index >= 15 is 0 Å². The highest BCUT2D eigenvalue weighted by molar-refractivity contribution is 5.83. The summed E-state index contributed by atoms with van der Waals surface area (Å²) in [5.41, 5.74) is 3.36. The number of azo groups is 1. The summed E-state index contributed by atoms with van der Waals surface area (Å²) in [4.78, 5) is 4.01. The Morgan fingerprint density at radius 2 is 1.93 bits per heavy atom. The summed E-state index contributed by atoms with van der Waals surface area (Å²) in [6.07, 6.45) is 1.83. The maximum Gasteiger partial charge on any atom is 0.259 e. The molecule has 1 aliphatic heterocycles. The van der Waals surface area contributed by atoms with Crippen LogP contribution in [-0.4, -0.2) is 5.96 Å². The quantitative estimate of drug-likeness (QED) is 0.513. The maximum absolute atomic E-state index is 5.13. The molecule has 0 saturated heterocycles. The molecule has 0 spiro atoms. The van der Waals surface area contributed by atoms with Crippen LogP contribution in [0.2, 0.25) is 0 Å². The van der Waals surface area contributed by atoms with Crippen LogP contribution >= 0.6 is 0 Å². The van der Waals surface area contributed by atoms with Gasteiger partial charge >= 0.3 is 0 Å². The zero-order chi connectivity index (χ0) is 9.80. The van der Waals surface area contributed by atoms with E-state index in [-0.39, 0.29) is 0 Å². The lowest BCUT2D eigenvalue weighted by atomic mass is 10.2. The summed E-state index contributed by atoms with van der Waals surface area (Å²) in [6.45, 7) is 0. The predicted molar refractivity (Wildman–Crippen MR) is 54.0 cm³/mol. The van der Waals surface area contributed by atoms with Crippen LogP contribution < -0.4 is 11.3 Å². The smallest absolute Gasteiger partial charge is 0.259 e. The first-order valence-electron chi connectivity index (χ1n) is 4.12. The fourth-order valence-electron chi connectivity index (χ4n) is 1.07. The van der Waals surface area contributed by atoms with Crippen LogP contribution in [0.15, 0.2) is 51.4 Å². The Hall–Kier alpha value is -2.01. The molecule has 0 fully saturated rings. The minimum atomic E-state index is 0.326. The van der Waals surface area contributed by atoms with E-state index in [2.05, 4.69) is 20.6 Å². The molecule has 0 aliphatic carbocycles. The van der Waals surface area contributed by atoms with Crippen LogP contribution in [0.3, 0.4) is 0 Å². The van der Waals surface area contributed by atoms with E-state index in [0.717, 1.165) is 5.56 Å². The standard InChI is InChI=1S/C9H9N5/c10-12-9-11-8(13-14-9)6-7-4-2-1-3-5-7/h1-6H,10H2,(H,11,12). The zero-order valence-electron chi connectivity index (χ0n) is 7.38. The van der Waals surface area contributed by atoms with Gasteiger partial charge in [0.25, 0.3) is 5.96 Å². The number of guanidine groups is 1. The molecule has 70 valence electrons. The Morgan fingerprint density at radius 1 is 1.14 bits per heavy atom. The van der Waals surface area contributed by atoms with Crippen LogP contribution in [0.25, 0.3) is 6.08 Å². The molecule has 5 heteroatoms. The van der Waals surface area contributed by atoms with Gasteiger partial charge in [-0.25, -0.2) is 5.84 Å². The lowest BCUT2D eigenvalue weighted by Crippen LogP contribution is -2.27. The van der Waals surface area contributed by atoms with Crippen molar-refractivity contribution in [1.82, 2.24) is 5.43 Å². The molecule has 1 aromatic rings. The Kier molecular flexibility index (Phi) is 2.33. The monoisotopic (exact) mass is 187 g/mol. The Balaban J connectivity index is 2.22. The van der Waals surface area contributed by atoms with E-state index in [1.807, 2.05) is 36.4 Å². The summed E-state index contributed by atoms with van der Waals surface area (Å²) in [6, 6.07) is 9.78. The summed E-state index contributed by atoms with van der Waals surface area (Å²) in [7, 11) is 0. The molecule has 0 unspecified atom stereocenters. The molecular weight excluding hydrogens is 178 g/mol. The molecule has 5 nitrogen and oxygen atoms in total. The van der Waals surface area contributed by atoms with E-state index < -0.39 is 0 Å². The molecule has 0 bridgehead atoms. The third-order valence-corrected chi connectivity index (χ3v) is 1.69. The molecule has 1 aromatic carbocycles. The minimum Gasteiger partial charge on any atom is -0.291 e. The van der Waals surface area contributed by atoms with Crippen LogP contribution in [0, 0.1) is 0 Å². The molecule has 0 radical (unpaired) electrons. The molecule has 0 aromatic heterocycles. The number of hydrogen-bond donors (Lipinski definition) is 2. The Morgan fingerprint density at radius 3 is 2.57 bits per heavy atom. The van der Waals surface area contributed by atoms with Gasteiger partial charge in [-0.1, -0.05) is 30.3 Å². The Bertz CT molecular complexity index is 404. The van der Waals surface area contributed by atoms with E-state index in [0.29, 0.717) is 11.8 Å². The fourth-order valence-corrected chi connectivity index (χ4v) is 1.07. The van der Waals surface area contributed by atoms with Gasteiger partial charge in [0, 0.05) is 0 Å². The summed E-state index contributed by atoms with van der Waals surface area (Å²) in [5, 5.41) is 7.53. The molecule has 1 heterocycles. The Labute approximate surface area is 81.0 Å². The van der Waals surface area contributed by atoms with Crippen LogP contribution in [0.1, 0.15) is 5.56 Å². The molecule has 14 heavy (non-hydrogen) atoms. The van der Waals surface area contributed by atoms with Gasteiger partial charge in [0.15, 0.2) is 5.82 Å². The van der Waals surface area contributed by atoms with E-state index in [4.69, 9.17) is 5.84 Å². The van der Waals surface area contributed by atoms with Gasteiger partial charge in [0.1, 0.15) is 0 Å². The van der Waals surface area contributed by atoms with Gasteiger partial charge in [-0.15, -0.1) is 10.2 Å². The van der Waals surface area contributed by atoms with E-state index in [1.165, 1.54) is 0 Å². The number of benzene rings is 1. The average molecular weight is 187 g/mol. The molecule has 0 atom stereocenters. The van der Waals surface area contributed by atoms with Crippen molar-refractivity contribution in [1.29, 1.82) is 0 Å². The first-order valence-corrected chi connectivity index (χ1v) is 4.12. The van der Waals surface area contributed by atoms with Crippen LogP contribution in [-0.2, 0) is 0 Å². The number of nitrogens with two attached hydrogens (primary N) is 1. The van der Waals surface area contributed by atoms with Crippen molar-refractivity contribution in [3.63, 3.8) is 0 Å². The van der Waals surface area contributed by atoms with Gasteiger partial charge < -0.3 is 0 Å². The van der Waals surface area contributed by atoms with Gasteiger partial charge in [-0.3, -0.25) is 5.43 Å². The molecule has 3 N–H and O–H groups in total. The predicted octanol–water partition coefficient (Wildman–Crippen LogP) is 1.27. The van der Waals surface area contributed by atoms with Crippen molar-refractivity contribution in [2.45, 2.75) is 0 Å². The van der Waals surface area contributed by atoms with Gasteiger partial charge in [-0.05, 0) is 11.6 Å². The van der Waals surface area contributed by atoms with Crippen molar-refractivity contribution in [2.24, 2.45) is 21.1 Å². The average Bonchev–Trinajstić information content (AvgIpc) is 2.67. The van der Waals surface area contributed by atoms with Crippen LogP contribution in [0.4, 0.5) is 0 Å². The maximum atomic E-state index is 5.13. The molecule has 0 saturated carbocycles. The number of hydrogen-bond acceptors (Lipinski definition) is 5. The van der Waals surface area contributed by atoms with Crippen molar-refractivity contribution in [2.75, 3.05) is 0 Å².